The number of hydrogen-bond acceptors (Lipinski definition) is 5. The Kier molecular flexibility index (Phi) is 4.03. The number of nitrogens with zero attached hydrogens (tertiary/aromatic N) is 3. The van der Waals surface area contributed by atoms with Crippen LogP contribution >= 0.6 is 11.8 Å². The quantitative estimate of drug-likeness (QED) is 0.624. The van der Waals surface area contributed by atoms with Crippen LogP contribution in [-0.2, 0) is 6.54 Å². The summed E-state index contributed by atoms with van der Waals surface area (Å²) >= 11 is 1.53. The molecule has 0 aliphatic carbocycles. The molecule has 7 heteroatoms. The van der Waals surface area contributed by atoms with Crippen molar-refractivity contribution in [2.45, 2.75) is 37.2 Å². The van der Waals surface area contributed by atoms with E-state index < -0.39 is 0 Å². The van der Waals surface area contributed by atoms with Crippen molar-refractivity contribution in [3.8, 4) is 0 Å². The Morgan fingerprint density at radius 1 is 1.61 bits per heavy atom. The number of thioether (sulfide) groups is 1. The van der Waals surface area contributed by atoms with Crippen LogP contribution in [0.5, 0.6) is 0 Å². The highest BCUT2D eigenvalue weighted by Gasteiger charge is 2.11. The van der Waals surface area contributed by atoms with Crippen LogP contribution in [0.3, 0.4) is 0 Å². The molecular formula is C11H16N4O2S. The minimum atomic E-state index is -0.185. The summed E-state index contributed by atoms with van der Waals surface area (Å²) in [6.45, 7) is 4.48. The lowest BCUT2D eigenvalue weighted by Gasteiger charge is -2.07. The lowest BCUT2D eigenvalue weighted by Crippen LogP contribution is -2.12. The van der Waals surface area contributed by atoms with E-state index in [1.165, 1.54) is 18.0 Å². The van der Waals surface area contributed by atoms with E-state index in [1.54, 1.807) is 4.68 Å². The SMILES string of the molecule is CC[C@H](C)Sc1nc2c(cnn2CCO)c(=O)[nH]1. The normalized spacial score (nSPS) is 13.1. The number of hydrogen-bond donors (Lipinski definition) is 2. The van der Waals surface area contributed by atoms with E-state index >= 15 is 0 Å². The summed E-state index contributed by atoms with van der Waals surface area (Å²) in [4.78, 5) is 19.0. The molecule has 1 atom stereocenters. The first-order valence-corrected chi connectivity index (χ1v) is 6.77. The fourth-order valence-electron chi connectivity index (χ4n) is 1.53. The zero-order valence-electron chi connectivity index (χ0n) is 10.4. The van der Waals surface area contributed by atoms with E-state index in [1.807, 2.05) is 0 Å². The number of aromatic amines is 1. The number of aliphatic hydroxyl groups is 1. The molecule has 0 aromatic carbocycles. The Hall–Kier alpha value is -1.34. The van der Waals surface area contributed by atoms with Crippen LogP contribution in [0.4, 0.5) is 0 Å². The topological polar surface area (TPSA) is 83.8 Å². The molecule has 2 aromatic heterocycles. The molecule has 98 valence electrons. The van der Waals surface area contributed by atoms with E-state index in [-0.39, 0.29) is 12.2 Å². The summed E-state index contributed by atoms with van der Waals surface area (Å²) in [7, 11) is 0. The van der Waals surface area contributed by atoms with Crippen LogP contribution in [0, 0.1) is 0 Å². The van der Waals surface area contributed by atoms with Crippen molar-refractivity contribution < 1.29 is 5.11 Å². The molecule has 0 unspecified atom stereocenters. The van der Waals surface area contributed by atoms with Gasteiger partial charge in [0, 0.05) is 5.25 Å². The van der Waals surface area contributed by atoms with E-state index in [2.05, 4.69) is 28.9 Å². The predicted octanol–water partition coefficient (Wildman–Crippen LogP) is 1.00. The van der Waals surface area contributed by atoms with Gasteiger partial charge in [0.2, 0.25) is 0 Å². The molecule has 0 radical (unpaired) electrons. The summed E-state index contributed by atoms with van der Waals surface area (Å²) in [6.07, 6.45) is 2.48. The third-order valence-electron chi connectivity index (χ3n) is 2.68. The van der Waals surface area contributed by atoms with Crippen molar-refractivity contribution in [3.05, 3.63) is 16.6 Å². The molecule has 0 saturated heterocycles. The highest BCUT2D eigenvalue weighted by atomic mass is 32.2. The minimum absolute atomic E-state index is 0.0287. The van der Waals surface area contributed by atoms with Gasteiger partial charge < -0.3 is 10.1 Å². The molecule has 0 spiro atoms. The Labute approximate surface area is 108 Å². The lowest BCUT2D eigenvalue weighted by molar-refractivity contribution is 0.271. The van der Waals surface area contributed by atoms with Crippen LogP contribution in [0.25, 0.3) is 11.0 Å². The third kappa shape index (κ3) is 2.56. The fraction of sp³-hybridized carbons (Fsp3) is 0.545. The molecule has 0 saturated carbocycles. The average molecular weight is 268 g/mol. The molecule has 0 bridgehead atoms. The van der Waals surface area contributed by atoms with E-state index in [0.29, 0.717) is 28.0 Å². The molecule has 2 rings (SSSR count). The van der Waals surface area contributed by atoms with Gasteiger partial charge in [-0.1, -0.05) is 25.6 Å². The highest BCUT2D eigenvalue weighted by Crippen LogP contribution is 2.21. The van der Waals surface area contributed by atoms with Crippen molar-refractivity contribution in [2.24, 2.45) is 0 Å². The van der Waals surface area contributed by atoms with Crippen LogP contribution in [0.1, 0.15) is 20.3 Å². The molecule has 18 heavy (non-hydrogen) atoms. The predicted molar refractivity (Wildman–Crippen MR) is 70.8 cm³/mol. The van der Waals surface area contributed by atoms with Gasteiger partial charge in [-0.25, -0.2) is 9.67 Å². The Balaban J connectivity index is 2.45. The van der Waals surface area contributed by atoms with Crippen LogP contribution in [0.2, 0.25) is 0 Å². The van der Waals surface area contributed by atoms with Crippen molar-refractivity contribution in [1.82, 2.24) is 19.7 Å². The summed E-state index contributed by atoms with van der Waals surface area (Å²) in [5.74, 6) is 0. The largest absolute Gasteiger partial charge is 0.394 e. The second kappa shape index (κ2) is 5.53. The average Bonchev–Trinajstić information content (AvgIpc) is 2.73. The summed E-state index contributed by atoms with van der Waals surface area (Å²) in [6, 6.07) is 0. The first-order valence-electron chi connectivity index (χ1n) is 5.89. The summed E-state index contributed by atoms with van der Waals surface area (Å²) < 4.78 is 1.55. The van der Waals surface area contributed by atoms with E-state index in [9.17, 15) is 4.79 Å². The van der Waals surface area contributed by atoms with Crippen LogP contribution < -0.4 is 5.56 Å². The molecular weight excluding hydrogens is 252 g/mol. The maximum atomic E-state index is 11.9. The number of aliphatic hydroxyl groups excluding tert-OH is 1. The smallest absolute Gasteiger partial charge is 0.262 e. The molecule has 0 amide bonds. The number of aromatic nitrogens is 4. The van der Waals surface area contributed by atoms with Gasteiger partial charge in [0.1, 0.15) is 5.39 Å². The standard InChI is InChI=1S/C11H16N4O2S/c1-3-7(2)18-11-13-9-8(10(17)14-11)6-12-15(9)4-5-16/h6-7,16H,3-5H2,1-2H3,(H,13,14,17)/t7-/m0/s1. The molecule has 2 heterocycles. The van der Waals surface area contributed by atoms with Gasteiger partial charge in [0.15, 0.2) is 10.8 Å². The van der Waals surface area contributed by atoms with E-state index in [4.69, 9.17) is 5.11 Å². The van der Waals surface area contributed by atoms with Gasteiger partial charge in [-0.05, 0) is 6.42 Å². The van der Waals surface area contributed by atoms with Gasteiger partial charge in [-0.2, -0.15) is 5.10 Å². The van der Waals surface area contributed by atoms with Crippen molar-refractivity contribution >= 4 is 22.8 Å². The third-order valence-corrected chi connectivity index (χ3v) is 3.84. The first-order chi connectivity index (χ1) is 8.65. The number of nitrogens with one attached hydrogen (secondary N) is 1. The molecule has 0 aliphatic rings. The summed E-state index contributed by atoms with van der Waals surface area (Å²) in [5, 5.41) is 14.4. The molecule has 2 N–H and O–H groups in total. The van der Waals surface area contributed by atoms with Crippen LogP contribution in [0.15, 0.2) is 16.1 Å². The van der Waals surface area contributed by atoms with Crippen molar-refractivity contribution in [1.29, 1.82) is 0 Å². The Morgan fingerprint density at radius 2 is 2.39 bits per heavy atom. The van der Waals surface area contributed by atoms with Crippen LogP contribution in [-0.4, -0.2) is 36.7 Å². The molecule has 0 aliphatic heterocycles. The maximum absolute atomic E-state index is 11.9. The summed E-state index contributed by atoms with van der Waals surface area (Å²) in [5.41, 5.74) is 0.341. The number of H-pyrrole nitrogens is 1. The second-order valence-electron chi connectivity index (χ2n) is 4.04. The maximum Gasteiger partial charge on any atom is 0.262 e. The van der Waals surface area contributed by atoms with Gasteiger partial charge in [-0.3, -0.25) is 4.79 Å². The van der Waals surface area contributed by atoms with Crippen molar-refractivity contribution in [2.75, 3.05) is 6.61 Å². The van der Waals surface area contributed by atoms with Gasteiger partial charge in [-0.15, -0.1) is 0 Å². The minimum Gasteiger partial charge on any atom is -0.394 e. The van der Waals surface area contributed by atoms with E-state index in [0.717, 1.165) is 6.42 Å². The first kappa shape index (κ1) is 13.1. The molecule has 6 nitrogen and oxygen atoms in total. The second-order valence-corrected chi connectivity index (χ2v) is 5.46. The number of rotatable bonds is 5. The zero-order chi connectivity index (χ0) is 13.1. The van der Waals surface area contributed by atoms with Gasteiger partial charge >= 0.3 is 0 Å². The lowest BCUT2D eigenvalue weighted by atomic mass is 10.4. The molecule has 0 fully saturated rings. The number of fused-ring (bicyclic) bond motifs is 1. The zero-order valence-corrected chi connectivity index (χ0v) is 11.2. The van der Waals surface area contributed by atoms with Gasteiger partial charge in [0.05, 0.1) is 19.3 Å². The monoisotopic (exact) mass is 268 g/mol. The Morgan fingerprint density at radius 3 is 3.06 bits per heavy atom. The van der Waals surface area contributed by atoms with Crippen molar-refractivity contribution in [3.63, 3.8) is 0 Å². The van der Waals surface area contributed by atoms with Gasteiger partial charge in [0.25, 0.3) is 5.56 Å². The molecule has 2 aromatic rings. The highest BCUT2D eigenvalue weighted by molar-refractivity contribution is 7.99. The Bertz CT molecular complexity index is 592. The fourth-order valence-corrected chi connectivity index (χ4v) is 2.37.